The number of fused-ring (bicyclic) bond motifs is 3. The molecule has 7 nitrogen and oxygen atoms in total. The van der Waals surface area contributed by atoms with Gasteiger partial charge in [0, 0.05) is 19.3 Å². The van der Waals surface area contributed by atoms with Gasteiger partial charge in [-0.1, -0.05) is 13.8 Å². The molecule has 0 aromatic rings. The lowest BCUT2D eigenvalue weighted by Gasteiger charge is -2.62. The van der Waals surface area contributed by atoms with E-state index in [1.807, 2.05) is 0 Å². The minimum Gasteiger partial charge on any atom is -0.469 e. The highest BCUT2D eigenvalue weighted by Gasteiger charge is 2.84. The van der Waals surface area contributed by atoms with Crippen molar-refractivity contribution in [1.29, 1.82) is 0 Å². The summed E-state index contributed by atoms with van der Waals surface area (Å²) in [5, 5.41) is 0. The van der Waals surface area contributed by atoms with Crippen molar-refractivity contribution in [3.8, 4) is 0 Å². The minimum absolute atomic E-state index is 0.00137. The Morgan fingerprint density at radius 3 is 2.28 bits per heavy atom. The average molecular weight is 449 g/mol. The molecular weight excluding hydrogens is 412 g/mol. The summed E-state index contributed by atoms with van der Waals surface area (Å²) in [6, 6.07) is 0. The van der Waals surface area contributed by atoms with Crippen LogP contribution in [0.3, 0.4) is 0 Å². The third kappa shape index (κ3) is 2.78. The normalized spacial score (nSPS) is 50.7. The van der Waals surface area contributed by atoms with Gasteiger partial charge in [0.1, 0.15) is 17.8 Å². The van der Waals surface area contributed by atoms with Crippen LogP contribution in [0.25, 0.3) is 0 Å². The fourth-order valence-corrected chi connectivity index (χ4v) is 8.81. The van der Waals surface area contributed by atoms with Crippen molar-refractivity contribution in [2.45, 2.75) is 96.6 Å². The lowest BCUT2D eigenvalue weighted by atomic mass is 9.43. The van der Waals surface area contributed by atoms with Gasteiger partial charge in [0.15, 0.2) is 0 Å². The summed E-state index contributed by atoms with van der Waals surface area (Å²) in [6.45, 7) is 7.41. The molecule has 5 rings (SSSR count). The predicted molar refractivity (Wildman–Crippen MR) is 113 cm³/mol. The predicted octanol–water partition coefficient (Wildman–Crippen LogP) is 3.42. The monoisotopic (exact) mass is 448 g/mol. The van der Waals surface area contributed by atoms with Gasteiger partial charge in [0.05, 0.1) is 19.1 Å². The molecule has 0 aromatic heterocycles. The molecule has 0 N–H and O–H groups in total. The molecule has 4 saturated carbocycles. The van der Waals surface area contributed by atoms with Crippen LogP contribution in [-0.4, -0.2) is 48.9 Å². The van der Waals surface area contributed by atoms with Gasteiger partial charge in [-0.05, 0) is 68.1 Å². The van der Waals surface area contributed by atoms with E-state index in [4.69, 9.17) is 18.9 Å². The molecule has 4 aliphatic carbocycles. The van der Waals surface area contributed by atoms with E-state index in [1.165, 1.54) is 21.0 Å². The van der Waals surface area contributed by atoms with Crippen LogP contribution in [0.2, 0.25) is 0 Å². The lowest BCUT2D eigenvalue weighted by molar-refractivity contribution is -0.212. The van der Waals surface area contributed by atoms with E-state index in [2.05, 4.69) is 13.8 Å². The maximum Gasteiger partial charge on any atom is 0.309 e. The Labute approximate surface area is 189 Å². The van der Waals surface area contributed by atoms with Crippen molar-refractivity contribution in [1.82, 2.24) is 0 Å². The minimum atomic E-state index is -0.574. The average Bonchev–Trinajstić information content (AvgIpc) is 3.38. The molecule has 1 spiro atoms. The molecule has 178 valence electrons. The lowest BCUT2D eigenvalue weighted by Crippen LogP contribution is -2.64. The highest BCUT2D eigenvalue weighted by atomic mass is 16.6. The number of epoxide rings is 1. The van der Waals surface area contributed by atoms with Crippen molar-refractivity contribution in [3.05, 3.63) is 0 Å². The Bertz CT molecular complexity index is 840. The van der Waals surface area contributed by atoms with Crippen molar-refractivity contribution in [3.63, 3.8) is 0 Å². The molecule has 5 fully saturated rings. The van der Waals surface area contributed by atoms with Gasteiger partial charge >= 0.3 is 17.9 Å². The molecule has 5 aliphatic rings. The first-order valence-corrected chi connectivity index (χ1v) is 12.2. The van der Waals surface area contributed by atoms with Gasteiger partial charge in [-0.2, -0.15) is 0 Å². The van der Waals surface area contributed by atoms with E-state index in [-0.39, 0.29) is 47.6 Å². The van der Waals surface area contributed by atoms with Crippen LogP contribution in [0.1, 0.15) is 72.6 Å². The Kier molecular flexibility index (Phi) is 4.98. The van der Waals surface area contributed by atoms with Gasteiger partial charge < -0.3 is 18.9 Å². The van der Waals surface area contributed by atoms with Crippen molar-refractivity contribution >= 4 is 17.9 Å². The van der Waals surface area contributed by atoms with Crippen LogP contribution in [0.5, 0.6) is 0 Å². The summed E-state index contributed by atoms with van der Waals surface area (Å²) >= 11 is 0. The van der Waals surface area contributed by atoms with Gasteiger partial charge in [-0.3, -0.25) is 14.4 Å². The van der Waals surface area contributed by atoms with Gasteiger partial charge in [-0.25, -0.2) is 0 Å². The second-order valence-corrected chi connectivity index (χ2v) is 11.3. The molecule has 1 aliphatic heterocycles. The zero-order chi connectivity index (χ0) is 23.1. The third-order valence-electron chi connectivity index (χ3n) is 10.2. The number of ether oxygens (including phenoxy) is 4. The number of esters is 3. The quantitative estimate of drug-likeness (QED) is 0.371. The molecule has 1 saturated heterocycles. The zero-order valence-corrected chi connectivity index (χ0v) is 19.8. The number of hydrogen-bond acceptors (Lipinski definition) is 7. The van der Waals surface area contributed by atoms with Crippen LogP contribution in [0.4, 0.5) is 0 Å². The fraction of sp³-hybridized carbons (Fsp3) is 0.880. The molecule has 0 aromatic carbocycles. The number of carbonyl (C=O) groups is 3. The Balaban J connectivity index is 1.49. The number of rotatable bonds is 3. The highest BCUT2D eigenvalue weighted by Crippen LogP contribution is 2.76. The van der Waals surface area contributed by atoms with Crippen LogP contribution >= 0.6 is 0 Å². The topological polar surface area (TPSA) is 91.4 Å². The van der Waals surface area contributed by atoms with Crippen LogP contribution in [-0.2, 0) is 33.3 Å². The zero-order valence-electron chi connectivity index (χ0n) is 19.8. The second-order valence-electron chi connectivity index (χ2n) is 11.3. The first-order valence-electron chi connectivity index (χ1n) is 12.2. The van der Waals surface area contributed by atoms with Gasteiger partial charge in [0.25, 0.3) is 0 Å². The van der Waals surface area contributed by atoms with Gasteiger partial charge in [0.2, 0.25) is 0 Å². The second kappa shape index (κ2) is 7.18. The molecule has 0 radical (unpaired) electrons. The van der Waals surface area contributed by atoms with Crippen LogP contribution in [0, 0.1) is 34.5 Å². The van der Waals surface area contributed by atoms with E-state index in [0.29, 0.717) is 24.2 Å². The Hall–Kier alpha value is -1.63. The third-order valence-corrected chi connectivity index (χ3v) is 10.2. The summed E-state index contributed by atoms with van der Waals surface area (Å²) in [7, 11) is 1.43. The molecule has 32 heavy (non-hydrogen) atoms. The van der Waals surface area contributed by atoms with E-state index >= 15 is 0 Å². The SMILES string of the molecule is COC(=O)[C@@H]1C[C@@H]2O[C@]23[C@H]2CC[C@H]4C[C@@H](OC(C)=O)CC[C@]4(C)[C@@H]2C[C@@H](OC(C)=O)[C@]13C. The first kappa shape index (κ1) is 22.2. The number of hydrogen-bond donors (Lipinski definition) is 0. The largest absolute Gasteiger partial charge is 0.469 e. The summed E-state index contributed by atoms with van der Waals surface area (Å²) in [5.74, 6) is 0.0958. The number of carbonyl (C=O) groups excluding carboxylic acids is 3. The highest BCUT2D eigenvalue weighted by molar-refractivity contribution is 5.75. The summed E-state index contributed by atoms with van der Waals surface area (Å²) < 4.78 is 23.2. The molecule has 0 unspecified atom stereocenters. The molecule has 10 atom stereocenters. The van der Waals surface area contributed by atoms with E-state index in [0.717, 1.165) is 38.5 Å². The maximum atomic E-state index is 12.8. The molecule has 0 bridgehead atoms. The van der Waals surface area contributed by atoms with Crippen molar-refractivity contribution < 1.29 is 33.3 Å². The van der Waals surface area contributed by atoms with E-state index in [9.17, 15) is 14.4 Å². The summed E-state index contributed by atoms with van der Waals surface area (Å²) in [4.78, 5) is 36.5. The molecule has 7 heteroatoms. The van der Waals surface area contributed by atoms with Crippen molar-refractivity contribution in [2.24, 2.45) is 34.5 Å². The first-order chi connectivity index (χ1) is 15.1. The summed E-state index contributed by atoms with van der Waals surface area (Å²) in [6.07, 6.45) is 5.90. The van der Waals surface area contributed by atoms with Crippen LogP contribution in [0.15, 0.2) is 0 Å². The standard InChI is InChI=1S/C25H36O7/c1-13(26)30-16-8-9-23(3)15(10-16)6-7-17-18(23)11-20(31-14(2)27)24(4)19(22(28)29-5)12-21-25(17,24)32-21/h15-21H,6-12H2,1-5H3/t15-,16-,17-,18+,19-,20+,21-,23-,24-,25+/m0/s1. The van der Waals surface area contributed by atoms with E-state index < -0.39 is 11.0 Å². The van der Waals surface area contributed by atoms with Gasteiger partial charge in [-0.15, -0.1) is 0 Å². The maximum absolute atomic E-state index is 12.8. The molecular formula is C25H36O7. The summed E-state index contributed by atoms with van der Waals surface area (Å²) in [5.41, 5.74) is -0.917. The Morgan fingerprint density at radius 1 is 0.906 bits per heavy atom. The fourth-order valence-electron chi connectivity index (χ4n) is 8.81. The van der Waals surface area contributed by atoms with E-state index in [1.54, 1.807) is 0 Å². The smallest absolute Gasteiger partial charge is 0.309 e. The van der Waals surface area contributed by atoms with Crippen LogP contribution < -0.4 is 0 Å². The number of methoxy groups -OCH3 is 1. The molecule has 1 heterocycles. The van der Waals surface area contributed by atoms with Crippen molar-refractivity contribution in [2.75, 3.05) is 7.11 Å². The Morgan fingerprint density at radius 2 is 1.62 bits per heavy atom. The molecule has 0 amide bonds.